The van der Waals surface area contributed by atoms with E-state index in [1.165, 1.54) is 12.1 Å². The zero-order valence-corrected chi connectivity index (χ0v) is 12.3. The minimum absolute atomic E-state index is 0.304. The second kappa shape index (κ2) is 6.29. The molecule has 0 spiro atoms. The van der Waals surface area contributed by atoms with Crippen LogP contribution in [0.15, 0.2) is 22.7 Å². The van der Waals surface area contributed by atoms with Crippen LogP contribution in [0.2, 0.25) is 0 Å². The van der Waals surface area contributed by atoms with Crippen LogP contribution in [0.3, 0.4) is 0 Å². The monoisotopic (exact) mass is 317 g/mol. The lowest BCUT2D eigenvalue weighted by Crippen LogP contribution is -2.47. The Hall–Kier alpha value is -0.940. The highest BCUT2D eigenvalue weighted by molar-refractivity contribution is 9.10. The third-order valence-electron chi connectivity index (χ3n) is 2.68. The molecule has 0 fully saturated rings. The zero-order valence-electron chi connectivity index (χ0n) is 10.7. The Bertz CT molecular complexity index is 439. The summed E-state index contributed by atoms with van der Waals surface area (Å²) in [5.41, 5.74) is -0.332. The van der Waals surface area contributed by atoms with Gasteiger partial charge in [0.1, 0.15) is 11.4 Å². The number of carbonyl (C=O) groups is 1. The molecule has 0 heterocycles. The fraction of sp³-hybridized carbons (Fsp3) is 0.462. The van der Waals surface area contributed by atoms with Gasteiger partial charge in [-0.15, -0.1) is 0 Å². The van der Waals surface area contributed by atoms with Gasteiger partial charge in [0.25, 0.3) is 0 Å². The van der Waals surface area contributed by atoms with E-state index in [1.807, 2.05) is 6.92 Å². The molecule has 0 aromatic heterocycles. The summed E-state index contributed by atoms with van der Waals surface area (Å²) in [4.78, 5) is 12.1. The number of hydrogen-bond acceptors (Lipinski definition) is 3. The maximum Gasteiger partial charge on any atom is 0.330 e. The molecule has 1 rings (SSSR count). The lowest BCUT2D eigenvalue weighted by molar-refractivity contribution is -0.151. The van der Waals surface area contributed by atoms with E-state index in [0.717, 1.165) is 0 Å². The van der Waals surface area contributed by atoms with Gasteiger partial charge in [-0.3, -0.25) is 5.32 Å². The van der Waals surface area contributed by atoms with Gasteiger partial charge in [-0.2, -0.15) is 0 Å². The first kappa shape index (κ1) is 15.1. The molecule has 1 aromatic rings. The topological polar surface area (TPSA) is 38.3 Å². The third-order valence-corrected chi connectivity index (χ3v) is 3.34. The van der Waals surface area contributed by atoms with Crippen molar-refractivity contribution in [2.24, 2.45) is 0 Å². The highest BCUT2D eigenvalue weighted by Crippen LogP contribution is 2.30. The van der Waals surface area contributed by atoms with E-state index >= 15 is 0 Å². The largest absolute Gasteiger partial charge is 0.464 e. The van der Waals surface area contributed by atoms with Crippen molar-refractivity contribution in [1.82, 2.24) is 5.32 Å². The Morgan fingerprint density at radius 2 is 2.17 bits per heavy atom. The quantitative estimate of drug-likeness (QED) is 0.848. The Morgan fingerprint density at radius 3 is 2.67 bits per heavy atom. The molecule has 0 aliphatic rings. The number of likely N-dealkylation sites (N-methyl/N-ethyl adjacent to an activating group) is 1. The first-order chi connectivity index (χ1) is 8.45. The van der Waals surface area contributed by atoms with E-state index in [2.05, 4.69) is 21.2 Å². The van der Waals surface area contributed by atoms with Crippen LogP contribution in [0.25, 0.3) is 0 Å². The van der Waals surface area contributed by atoms with Crippen LogP contribution in [0.5, 0.6) is 0 Å². The van der Waals surface area contributed by atoms with Gasteiger partial charge < -0.3 is 4.74 Å². The van der Waals surface area contributed by atoms with Crippen molar-refractivity contribution in [2.45, 2.75) is 26.3 Å². The van der Waals surface area contributed by atoms with Crippen LogP contribution >= 0.6 is 15.9 Å². The van der Waals surface area contributed by atoms with Crippen molar-refractivity contribution in [2.75, 3.05) is 13.2 Å². The van der Waals surface area contributed by atoms with Crippen molar-refractivity contribution >= 4 is 21.9 Å². The van der Waals surface area contributed by atoms with Gasteiger partial charge in [0.15, 0.2) is 0 Å². The number of halogens is 2. The molecule has 1 aromatic carbocycles. The van der Waals surface area contributed by atoms with E-state index in [9.17, 15) is 9.18 Å². The number of nitrogens with one attached hydrogen (secondary N) is 1. The minimum atomic E-state index is -0.989. The lowest BCUT2D eigenvalue weighted by atomic mass is 9.92. The minimum Gasteiger partial charge on any atom is -0.464 e. The molecule has 1 N–H and O–H groups in total. The number of esters is 1. The average Bonchev–Trinajstić information content (AvgIpc) is 2.29. The molecular weight excluding hydrogens is 301 g/mol. The van der Waals surface area contributed by atoms with Crippen molar-refractivity contribution in [3.8, 4) is 0 Å². The first-order valence-corrected chi connectivity index (χ1v) is 6.62. The summed E-state index contributed by atoms with van der Waals surface area (Å²) in [5.74, 6) is -0.729. The van der Waals surface area contributed by atoms with Crippen LogP contribution < -0.4 is 5.32 Å². The Labute approximate surface area is 115 Å². The summed E-state index contributed by atoms with van der Waals surface area (Å²) in [6, 6.07) is 4.25. The van der Waals surface area contributed by atoms with Crippen LogP contribution in [-0.4, -0.2) is 19.1 Å². The van der Waals surface area contributed by atoms with Crippen molar-refractivity contribution in [1.29, 1.82) is 0 Å². The van der Waals surface area contributed by atoms with E-state index < -0.39 is 5.54 Å². The summed E-state index contributed by atoms with van der Waals surface area (Å²) in [5, 5.41) is 3.09. The fourth-order valence-corrected chi connectivity index (χ4v) is 2.55. The highest BCUT2D eigenvalue weighted by Gasteiger charge is 2.37. The smallest absolute Gasteiger partial charge is 0.330 e. The summed E-state index contributed by atoms with van der Waals surface area (Å²) in [6.45, 7) is 6.28. The van der Waals surface area contributed by atoms with Gasteiger partial charge in [-0.1, -0.05) is 28.9 Å². The van der Waals surface area contributed by atoms with E-state index in [0.29, 0.717) is 23.2 Å². The molecule has 0 saturated heterocycles. The van der Waals surface area contributed by atoms with E-state index in [4.69, 9.17) is 4.74 Å². The molecule has 1 unspecified atom stereocenters. The molecule has 0 amide bonds. The molecule has 0 bridgehead atoms. The normalized spacial score (nSPS) is 14.1. The first-order valence-electron chi connectivity index (χ1n) is 5.83. The number of hydrogen-bond donors (Lipinski definition) is 1. The Morgan fingerprint density at radius 1 is 1.50 bits per heavy atom. The molecule has 3 nitrogen and oxygen atoms in total. The van der Waals surface area contributed by atoms with Gasteiger partial charge >= 0.3 is 5.97 Å². The van der Waals surface area contributed by atoms with E-state index in [-0.39, 0.29) is 11.8 Å². The fourth-order valence-electron chi connectivity index (χ4n) is 1.80. The predicted octanol–water partition coefficient (Wildman–Crippen LogP) is 2.98. The number of carbonyl (C=O) groups excluding carboxylic acids is 1. The third kappa shape index (κ3) is 3.09. The van der Waals surface area contributed by atoms with Gasteiger partial charge in [-0.05, 0) is 38.1 Å². The SMILES string of the molecule is CCNC(C)(C(=O)OCC)c1ccc(F)cc1Br. The average molecular weight is 318 g/mol. The molecule has 0 radical (unpaired) electrons. The summed E-state index contributed by atoms with van der Waals surface area (Å²) in [7, 11) is 0. The van der Waals surface area contributed by atoms with E-state index in [1.54, 1.807) is 19.9 Å². The standard InChI is InChI=1S/C13H17BrFNO2/c1-4-16-13(3,12(17)18-5-2)10-7-6-9(15)8-11(10)14/h6-8,16H,4-5H2,1-3H3. The zero-order chi connectivity index (χ0) is 13.8. The van der Waals surface area contributed by atoms with Crippen LogP contribution in [0, 0.1) is 5.82 Å². The maximum atomic E-state index is 13.1. The molecular formula is C13H17BrFNO2. The van der Waals surface area contributed by atoms with Crippen molar-refractivity contribution in [3.63, 3.8) is 0 Å². The summed E-state index contributed by atoms with van der Waals surface area (Å²) < 4.78 is 18.7. The second-order valence-electron chi connectivity index (χ2n) is 4.00. The lowest BCUT2D eigenvalue weighted by Gasteiger charge is -2.29. The van der Waals surface area contributed by atoms with Crippen molar-refractivity contribution < 1.29 is 13.9 Å². The summed E-state index contributed by atoms with van der Waals surface area (Å²) >= 11 is 3.28. The van der Waals surface area contributed by atoms with Crippen LogP contribution in [0.1, 0.15) is 26.3 Å². The van der Waals surface area contributed by atoms with Crippen LogP contribution in [0.4, 0.5) is 4.39 Å². The predicted molar refractivity (Wildman–Crippen MR) is 71.8 cm³/mol. The second-order valence-corrected chi connectivity index (χ2v) is 4.85. The van der Waals surface area contributed by atoms with Gasteiger partial charge in [0, 0.05) is 4.47 Å². The van der Waals surface area contributed by atoms with Gasteiger partial charge in [-0.25, -0.2) is 9.18 Å². The number of benzene rings is 1. The van der Waals surface area contributed by atoms with Gasteiger partial charge in [0.2, 0.25) is 0 Å². The number of rotatable bonds is 5. The summed E-state index contributed by atoms with van der Waals surface area (Å²) in [6.07, 6.45) is 0. The Kier molecular flexibility index (Phi) is 5.28. The maximum absolute atomic E-state index is 13.1. The molecule has 18 heavy (non-hydrogen) atoms. The van der Waals surface area contributed by atoms with Gasteiger partial charge in [0.05, 0.1) is 6.61 Å². The molecule has 0 aliphatic carbocycles. The molecule has 0 saturated carbocycles. The van der Waals surface area contributed by atoms with Crippen molar-refractivity contribution in [3.05, 3.63) is 34.1 Å². The molecule has 100 valence electrons. The highest BCUT2D eigenvalue weighted by atomic mass is 79.9. The molecule has 5 heteroatoms. The number of ether oxygens (including phenoxy) is 1. The Balaban J connectivity index is 3.21. The molecule has 0 aliphatic heterocycles. The van der Waals surface area contributed by atoms with Crippen LogP contribution in [-0.2, 0) is 15.1 Å². The molecule has 1 atom stereocenters.